The highest BCUT2D eigenvalue weighted by molar-refractivity contribution is 6.00. The average Bonchev–Trinajstić information content (AvgIpc) is 2.87. The van der Waals surface area contributed by atoms with Gasteiger partial charge in [0.1, 0.15) is 11.8 Å². The maximum Gasteiger partial charge on any atom is 0.326 e. The molecule has 3 rings (SSSR count). The Labute approximate surface area is 198 Å². The molecule has 0 saturated carbocycles. The van der Waals surface area contributed by atoms with E-state index in [9.17, 15) is 19.5 Å². The molecule has 0 aliphatic carbocycles. The number of carboxylic acids is 1. The number of carbonyl (C=O) groups is 3. The van der Waals surface area contributed by atoms with Crippen molar-refractivity contribution in [1.29, 1.82) is 0 Å². The molecule has 0 spiro atoms. The highest BCUT2D eigenvalue weighted by Crippen LogP contribution is 2.14. The molecular formula is C27H28N2O5. The number of hydrogen-bond donors (Lipinski definition) is 3. The fourth-order valence-electron chi connectivity index (χ4n) is 3.50. The van der Waals surface area contributed by atoms with E-state index < -0.39 is 24.0 Å². The standard InChI is InChI=1S/C27H28N2O5/c1-34-22-14-12-21(13-15-22)25(30)17-23(28-18-20-10-6-3-7-11-20)26(31)29-24(27(32)33)16-19-8-4-2-5-9-19/h2-15,23-24,28H,16-18H2,1H3,(H,29,31)(H,32,33)/t23-,24-/m0/s1. The van der Waals surface area contributed by atoms with Gasteiger partial charge in [-0.3, -0.25) is 9.59 Å². The van der Waals surface area contributed by atoms with Crippen LogP contribution in [0.25, 0.3) is 0 Å². The number of aliphatic carboxylic acids is 1. The van der Waals surface area contributed by atoms with E-state index in [-0.39, 0.29) is 18.6 Å². The molecule has 0 radical (unpaired) electrons. The van der Waals surface area contributed by atoms with Crippen LogP contribution in [-0.2, 0) is 22.6 Å². The molecule has 7 heteroatoms. The molecule has 34 heavy (non-hydrogen) atoms. The van der Waals surface area contributed by atoms with Crippen molar-refractivity contribution in [3.63, 3.8) is 0 Å². The minimum absolute atomic E-state index is 0.122. The summed E-state index contributed by atoms with van der Waals surface area (Å²) in [4.78, 5) is 37.9. The highest BCUT2D eigenvalue weighted by Gasteiger charge is 2.27. The van der Waals surface area contributed by atoms with Crippen LogP contribution in [0.5, 0.6) is 5.75 Å². The minimum atomic E-state index is -1.14. The summed E-state index contributed by atoms with van der Waals surface area (Å²) in [6.07, 6.45) is 0.0163. The molecule has 0 aromatic heterocycles. The molecule has 0 aliphatic heterocycles. The monoisotopic (exact) mass is 460 g/mol. The quantitative estimate of drug-likeness (QED) is 0.359. The molecule has 0 fully saturated rings. The van der Waals surface area contributed by atoms with E-state index in [4.69, 9.17) is 4.74 Å². The Morgan fingerprint density at radius 2 is 1.41 bits per heavy atom. The molecule has 7 nitrogen and oxygen atoms in total. The van der Waals surface area contributed by atoms with Gasteiger partial charge < -0.3 is 20.5 Å². The summed E-state index contributed by atoms with van der Waals surface area (Å²) in [7, 11) is 1.54. The predicted octanol–water partition coefficient (Wildman–Crippen LogP) is 3.24. The number of rotatable bonds is 12. The summed E-state index contributed by atoms with van der Waals surface area (Å²) in [6.45, 7) is 0.352. The number of ketones is 1. The molecule has 0 bridgehead atoms. The Morgan fingerprint density at radius 1 is 0.824 bits per heavy atom. The molecule has 3 aromatic rings. The summed E-state index contributed by atoms with van der Waals surface area (Å²) in [5.74, 6) is -1.29. The Kier molecular flexibility index (Phi) is 8.94. The highest BCUT2D eigenvalue weighted by atomic mass is 16.5. The van der Waals surface area contributed by atoms with Crippen LogP contribution in [0.2, 0.25) is 0 Å². The second-order valence-electron chi connectivity index (χ2n) is 7.86. The normalized spacial score (nSPS) is 12.4. The fraction of sp³-hybridized carbons (Fsp3) is 0.222. The van der Waals surface area contributed by atoms with Gasteiger partial charge >= 0.3 is 5.97 Å². The SMILES string of the molecule is COc1ccc(C(=O)C[C@H](NCc2ccccc2)C(=O)N[C@@H](Cc2ccccc2)C(=O)O)cc1. The third kappa shape index (κ3) is 7.28. The predicted molar refractivity (Wildman–Crippen MR) is 129 cm³/mol. The lowest BCUT2D eigenvalue weighted by atomic mass is 10.0. The van der Waals surface area contributed by atoms with E-state index in [1.54, 1.807) is 43.5 Å². The topological polar surface area (TPSA) is 105 Å². The van der Waals surface area contributed by atoms with Gasteiger partial charge in [0.05, 0.1) is 13.2 Å². The van der Waals surface area contributed by atoms with Crippen LogP contribution in [0.3, 0.4) is 0 Å². The molecule has 0 unspecified atom stereocenters. The molecule has 176 valence electrons. The second kappa shape index (κ2) is 12.3. The zero-order valence-electron chi connectivity index (χ0n) is 18.9. The summed E-state index contributed by atoms with van der Waals surface area (Å²) in [5.41, 5.74) is 2.17. The number of nitrogens with one attached hydrogen (secondary N) is 2. The van der Waals surface area contributed by atoms with E-state index in [0.29, 0.717) is 17.9 Å². The maximum absolute atomic E-state index is 13.1. The van der Waals surface area contributed by atoms with Gasteiger partial charge in [-0.05, 0) is 35.4 Å². The van der Waals surface area contributed by atoms with E-state index in [0.717, 1.165) is 11.1 Å². The number of carboxylic acid groups (broad SMARTS) is 1. The van der Waals surface area contributed by atoms with Crippen LogP contribution in [0, 0.1) is 0 Å². The van der Waals surface area contributed by atoms with Crippen molar-refractivity contribution in [1.82, 2.24) is 10.6 Å². The molecule has 3 aromatic carbocycles. The van der Waals surface area contributed by atoms with Gasteiger partial charge in [0, 0.05) is 24.9 Å². The second-order valence-corrected chi connectivity index (χ2v) is 7.86. The van der Waals surface area contributed by atoms with Crippen LogP contribution in [-0.4, -0.2) is 42.0 Å². The summed E-state index contributed by atoms with van der Waals surface area (Å²) in [5, 5.41) is 15.4. The molecule has 0 aliphatic rings. The largest absolute Gasteiger partial charge is 0.497 e. The molecule has 0 saturated heterocycles. The van der Waals surface area contributed by atoms with Crippen molar-refractivity contribution in [3.8, 4) is 5.75 Å². The zero-order valence-corrected chi connectivity index (χ0v) is 18.9. The molecule has 1 amide bonds. The van der Waals surface area contributed by atoms with Crippen molar-refractivity contribution in [3.05, 3.63) is 102 Å². The number of amides is 1. The van der Waals surface area contributed by atoms with Crippen molar-refractivity contribution in [2.45, 2.75) is 31.5 Å². The number of methoxy groups -OCH3 is 1. The third-order valence-corrected chi connectivity index (χ3v) is 5.41. The van der Waals surface area contributed by atoms with E-state index in [1.165, 1.54) is 0 Å². The molecular weight excluding hydrogens is 432 g/mol. The lowest BCUT2D eigenvalue weighted by molar-refractivity contribution is -0.142. The summed E-state index contributed by atoms with van der Waals surface area (Å²) in [6, 6.07) is 23.2. The summed E-state index contributed by atoms with van der Waals surface area (Å²) < 4.78 is 5.13. The fourth-order valence-corrected chi connectivity index (χ4v) is 3.50. The van der Waals surface area contributed by atoms with Crippen molar-refractivity contribution >= 4 is 17.7 Å². The summed E-state index contributed by atoms with van der Waals surface area (Å²) >= 11 is 0. The third-order valence-electron chi connectivity index (χ3n) is 5.41. The van der Waals surface area contributed by atoms with Crippen LogP contribution in [0.4, 0.5) is 0 Å². The van der Waals surface area contributed by atoms with Crippen LogP contribution in [0.1, 0.15) is 27.9 Å². The first-order valence-electron chi connectivity index (χ1n) is 11.0. The first-order chi connectivity index (χ1) is 16.5. The van der Waals surface area contributed by atoms with Gasteiger partial charge in [0.2, 0.25) is 5.91 Å². The van der Waals surface area contributed by atoms with Gasteiger partial charge in [-0.15, -0.1) is 0 Å². The van der Waals surface area contributed by atoms with Gasteiger partial charge in [-0.25, -0.2) is 4.79 Å². The zero-order chi connectivity index (χ0) is 24.3. The smallest absolute Gasteiger partial charge is 0.326 e. The van der Waals surface area contributed by atoms with Crippen molar-refractivity contribution in [2.24, 2.45) is 0 Å². The maximum atomic E-state index is 13.1. The molecule has 3 N–H and O–H groups in total. The van der Waals surface area contributed by atoms with Crippen LogP contribution in [0.15, 0.2) is 84.9 Å². The van der Waals surface area contributed by atoms with Gasteiger partial charge in [-0.1, -0.05) is 60.7 Å². The molecule has 0 heterocycles. The average molecular weight is 461 g/mol. The van der Waals surface area contributed by atoms with Crippen molar-refractivity contribution in [2.75, 3.05) is 7.11 Å². The van der Waals surface area contributed by atoms with Gasteiger partial charge in [0.25, 0.3) is 0 Å². The minimum Gasteiger partial charge on any atom is -0.497 e. The van der Waals surface area contributed by atoms with Gasteiger partial charge in [-0.2, -0.15) is 0 Å². The van der Waals surface area contributed by atoms with E-state index in [1.807, 2.05) is 48.5 Å². The number of ether oxygens (including phenoxy) is 1. The lowest BCUT2D eigenvalue weighted by Gasteiger charge is -2.21. The Balaban J connectivity index is 1.74. The molecule has 2 atom stereocenters. The van der Waals surface area contributed by atoms with Gasteiger partial charge in [0.15, 0.2) is 5.78 Å². The lowest BCUT2D eigenvalue weighted by Crippen LogP contribution is -2.51. The Hall–Kier alpha value is -3.97. The van der Waals surface area contributed by atoms with E-state index in [2.05, 4.69) is 10.6 Å². The van der Waals surface area contributed by atoms with Crippen molar-refractivity contribution < 1.29 is 24.2 Å². The number of carbonyl (C=O) groups excluding carboxylic acids is 2. The number of benzene rings is 3. The van der Waals surface area contributed by atoms with Crippen LogP contribution < -0.4 is 15.4 Å². The van der Waals surface area contributed by atoms with E-state index >= 15 is 0 Å². The van der Waals surface area contributed by atoms with Crippen LogP contribution >= 0.6 is 0 Å². The Morgan fingerprint density at radius 3 is 1.97 bits per heavy atom. The number of hydrogen-bond acceptors (Lipinski definition) is 5. The number of Topliss-reactive ketones (excluding diaryl/α,β-unsaturated/α-hetero) is 1. The first kappa shape index (κ1) is 24.7. The Bertz CT molecular complexity index is 1090. The first-order valence-corrected chi connectivity index (χ1v) is 11.0.